The van der Waals surface area contributed by atoms with Crippen molar-refractivity contribution < 1.29 is 0 Å². The van der Waals surface area contributed by atoms with Crippen LogP contribution >= 0.6 is 0 Å². The van der Waals surface area contributed by atoms with Gasteiger partial charge >= 0.3 is 0 Å². The number of hydrogen-bond donors (Lipinski definition) is 1. The molecular formula is C22H29N5O. The number of rotatable bonds is 4. The van der Waals surface area contributed by atoms with E-state index in [1.54, 1.807) is 0 Å². The van der Waals surface area contributed by atoms with Crippen molar-refractivity contribution in [3.8, 4) is 6.07 Å². The number of fused-ring (bicyclic) bond motifs is 3. The van der Waals surface area contributed by atoms with Gasteiger partial charge in [-0.05, 0) is 63.5 Å². The molecule has 0 unspecified atom stereocenters. The summed E-state index contributed by atoms with van der Waals surface area (Å²) in [6.07, 6.45) is 12.2. The standard InChI is InChI=1S/C22H29N5O/c23-12-6-14-27-21-19(16-9-3-4-10-17(16)22(28)24-21)20(25-27)18-11-5-13-26(18)15-7-1-2-8-15/h15,18H,1-11,13-14H2,(H,24,28)/t18-/m1/s1. The fraction of sp³-hybridized carbons (Fsp3) is 0.682. The van der Waals surface area contributed by atoms with Crippen LogP contribution in [-0.2, 0) is 19.4 Å². The van der Waals surface area contributed by atoms with Crippen LogP contribution in [0.25, 0.3) is 11.0 Å². The maximum absolute atomic E-state index is 12.7. The lowest BCUT2D eigenvalue weighted by Crippen LogP contribution is -2.33. The Morgan fingerprint density at radius 1 is 1.07 bits per heavy atom. The SMILES string of the molecule is N#CCCn1nc([C@H]2CCCN2C2CCCC2)c2c3c(c(=O)[nH]c21)CCCC3. The molecule has 2 aliphatic carbocycles. The fourth-order valence-corrected chi connectivity index (χ4v) is 5.83. The van der Waals surface area contributed by atoms with Gasteiger partial charge in [-0.1, -0.05) is 12.8 Å². The Bertz CT molecular complexity index is 975. The molecule has 2 fully saturated rings. The van der Waals surface area contributed by atoms with E-state index in [2.05, 4.69) is 16.0 Å². The van der Waals surface area contributed by atoms with Crippen molar-refractivity contribution >= 4 is 11.0 Å². The van der Waals surface area contributed by atoms with Crippen LogP contribution in [0.3, 0.4) is 0 Å². The average molecular weight is 380 g/mol. The Labute approximate surface area is 165 Å². The molecule has 1 saturated heterocycles. The summed E-state index contributed by atoms with van der Waals surface area (Å²) in [4.78, 5) is 18.6. The molecule has 0 aromatic carbocycles. The van der Waals surface area contributed by atoms with Gasteiger partial charge in [0.1, 0.15) is 5.65 Å². The van der Waals surface area contributed by atoms with Gasteiger partial charge in [0.05, 0.1) is 30.8 Å². The Hall–Kier alpha value is -2.13. The van der Waals surface area contributed by atoms with E-state index in [1.165, 1.54) is 43.1 Å². The van der Waals surface area contributed by atoms with E-state index in [9.17, 15) is 4.79 Å². The number of aromatic amines is 1. The highest BCUT2D eigenvalue weighted by Crippen LogP contribution is 2.41. The van der Waals surface area contributed by atoms with Gasteiger partial charge in [0.2, 0.25) is 0 Å². The molecule has 1 N–H and O–H groups in total. The van der Waals surface area contributed by atoms with Gasteiger partial charge < -0.3 is 4.98 Å². The molecule has 6 nitrogen and oxygen atoms in total. The second-order valence-corrected chi connectivity index (χ2v) is 8.69. The van der Waals surface area contributed by atoms with Gasteiger partial charge in [0, 0.05) is 17.0 Å². The number of nitriles is 1. The zero-order valence-corrected chi connectivity index (χ0v) is 16.5. The normalized spacial score (nSPS) is 23.3. The minimum absolute atomic E-state index is 0.0472. The largest absolute Gasteiger partial charge is 0.307 e. The van der Waals surface area contributed by atoms with Crippen molar-refractivity contribution in [3.05, 3.63) is 27.2 Å². The van der Waals surface area contributed by atoms with Gasteiger partial charge in [0.25, 0.3) is 5.56 Å². The average Bonchev–Trinajstić information content (AvgIpc) is 3.45. The number of aromatic nitrogens is 3. The second-order valence-electron chi connectivity index (χ2n) is 8.69. The molecule has 3 heterocycles. The smallest absolute Gasteiger partial charge is 0.253 e. The molecule has 0 radical (unpaired) electrons. The quantitative estimate of drug-likeness (QED) is 0.880. The number of aryl methyl sites for hydroxylation is 2. The van der Waals surface area contributed by atoms with E-state index < -0.39 is 0 Å². The number of likely N-dealkylation sites (tertiary alicyclic amines) is 1. The second kappa shape index (κ2) is 7.36. The van der Waals surface area contributed by atoms with Crippen LogP contribution < -0.4 is 5.56 Å². The molecule has 3 aliphatic rings. The van der Waals surface area contributed by atoms with Crippen molar-refractivity contribution in [3.63, 3.8) is 0 Å². The minimum Gasteiger partial charge on any atom is -0.307 e. The summed E-state index contributed by atoms with van der Waals surface area (Å²) in [5, 5.41) is 15.3. The summed E-state index contributed by atoms with van der Waals surface area (Å²) in [6.45, 7) is 1.70. The van der Waals surface area contributed by atoms with E-state index in [1.807, 2.05) is 4.68 Å². The Morgan fingerprint density at radius 2 is 1.86 bits per heavy atom. The molecule has 28 heavy (non-hydrogen) atoms. The maximum Gasteiger partial charge on any atom is 0.253 e. The first-order chi connectivity index (χ1) is 13.8. The molecule has 0 spiro atoms. The number of hydrogen-bond acceptors (Lipinski definition) is 4. The zero-order chi connectivity index (χ0) is 19.1. The number of H-pyrrole nitrogens is 1. The minimum atomic E-state index is 0.0472. The molecule has 2 aromatic rings. The Morgan fingerprint density at radius 3 is 2.64 bits per heavy atom. The zero-order valence-electron chi connectivity index (χ0n) is 16.5. The van der Waals surface area contributed by atoms with Crippen LogP contribution in [0.15, 0.2) is 4.79 Å². The number of nitrogens with zero attached hydrogens (tertiary/aromatic N) is 4. The van der Waals surface area contributed by atoms with Crippen molar-refractivity contribution in [1.82, 2.24) is 19.7 Å². The van der Waals surface area contributed by atoms with Crippen molar-refractivity contribution in [2.75, 3.05) is 6.54 Å². The highest BCUT2D eigenvalue weighted by atomic mass is 16.1. The van der Waals surface area contributed by atoms with E-state index >= 15 is 0 Å². The van der Waals surface area contributed by atoms with Crippen molar-refractivity contribution in [1.29, 1.82) is 5.26 Å². The number of nitrogens with one attached hydrogen (secondary N) is 1. The van der Waals surface area contributed by atoms with Crippen molar-refractivity contribution in [2.24, 2.45) is 0 Å². The molecule has 5 rings (SSSR count). The van der Waals surface area contributed by atoms with Crippen LogP contribution in [0, 0.1) is 11.3 Å². The van der Waals surface area contributed by atoms with Crippen LogP contribution in [-0.4, -0.2) is 32.3 Å². The van der Waals surface area contributed by atoms with E-state index in [0.717, 1.165) is 55.6 Å². The summed E-state index contributed by atoms with van der Waals surface area (Å²) < 4.78 is 1.90. The first-order valence-electron chi connectivity index (χ1n) is 11.0. The third-order valence-electron chi connectivity index (χ3n) is 7.09. The highest BCUT2D eigenvalue weighted by Gasteiger charge is 2.37. The maximum atomic E-state index is 12.7. The summed E-state index contributed by atoms with van der Waals surface area (Å²) in [7, 11) is 0. The molecule has 6 heteroatoms. The summed E-state index contributed by atoms with van der Waals surface area (Å²) in [5.74, 6) is 0. The predicted molar refractivity (Wildman–Crippen MR) is 108 cm³/mol. The van der Waals surface area contributed by atoms with Gasteiger partial charge in [-0.15, -0.1) is 0 Å². The molecule has 0 bridgehead atoms. The van der Waals surface area contributed by atoms with E-state index in [-0.39, 0.29) is 5.56 Å². The van der Waals surface area contributed by atoms with Crippen LogP contribution in [0.4, 0.5) is 0 Å². The first kappa shape index (κ1) is 17.9. The van der Waals surface area contributed by atoms with E-state index in [0.29, 0.717) is 25.0 Å². The monoisotopic (exact) mass is 379 g/mol. The lowest BCUT2D eigenvalue weighted by atomic mass is 9.89. The van der Waals surface area contributed by atoms with Gasteiger partial charge in [-0.25, -0.2) is 4.68 Å². The van der Waals surface area contributed by atoms with Crippen LogP contribution in [0.2, 0.25) is 0 Å². The predicted octanol–water partition coefficient (Wildman–Crippen LogP) is 3.60. The summed E-state index contributed by atoms with van der Waals surface area (Å²) >= 11 is 0. The third-order valence-corrected chi connectivity index (χ3v) is 7.09. The summed E-state index contributed by atoms with van der Waals surface area (Å²) in [5.41, 5.74) is 4.26. The molecular weight excluding hydrogens is 350 g/mol. The first-order valence-corrected chi connectivity index (χ1v) is 11.0. The highest BCUT2D eigenvalue weighted by molar-refractivity contribution is 5.84. The van der Waals surface area contributed by atoms with Crippen molar-refractivity contribution in [2.45, 2.75) is 89.3 Å². The number of pyridine rings is 1. The van der Waals surface area contributed by atoms with Crippen LogP contribution in [0.1, 0.15) is 80.7 Å². The van der Waals surface area contributed by atoms with Gasteiger partial charge in [-0.2, -0.15) is 10.4 Å². The van der Waals surface area contributed by atoms with Crippen LogP contribution in [0.5, 0.6) is 0 Å². The molecule has 0 amide bonds. The fourth-order valence-electron chi connectivity index (χ4n) is 5.83. The molecule has 1 atom stereocenters. The topological polar surface area (TPSA) is 77.7 Å². The lowest BCUT2D eigenvalue weighted by molar-refractivity contribution is 0.180. The molecule has 1 saturated carbocycles. The Balaban J connectivity index is 1.67. The lowest BCUT2D eigenvalue weighted by Gasteiger charge is -2.30. The van der Waals surface area contributed by atoms with Gasteiger partial charge in [0.15, 0.2) is 0 Å². The van der Waals surface area contributed by atoms with Gasteiger partial charge in [-0.3, -0.25) is 9.69 Å². The molecule has 1 aliphatic heterocycles. The van der Waals surface area contributed by atoms with E-state index in [4.69, 9.17) is 10.4 Å². The Kier molecular flexibility index (Phi) is 4.72. The summed E-state index contributed by atoms with van der Waals surface area (Å²) in [6, 6.07) is 3.27. The molecule has 148 valence electrons. The third kappa shape index (κ3) is 2.88. The molecule has 2 aromatic heterocycles.